The Morgan fingerprint density at radius 1 is 1.06 bits per heavy atom. The largest absolute Gasteiger partial charge is 0.352 e. The first kappa shape index (κ1) is 22.7. The molecule has 1 N–H and O–H groups in total. The quantitative estimate of drug-likeness (QED) is 0.296. The zero-order valence-electron chi connectivity index (χ0n) is 18.3. The molecular weight excluding hydrogens is 437 g/mol. The van der Waals surface area contributed by atoms with Crippen molar-refractivity contribution in [3.63, 3.8) is 0 Å². The first-order valence-corrected chi connectivity index (χ1v) is 11.8. The number of nitrogens with one attached hydrogen (secondary N) is 1. The van der Waals surface area contributed by atoms with Gasteiger partial charge in [-0.05, 0) is 41.8 Å². The highest BCUT2D eigenvalue weighted by Gasteiger charge is 2.15. The number of halogens is 1. The van der Waals surface area contributed by atoms with Crippen LogP contribution in [-0.2, 0) is 12.3 Å². The van der Waals surface area contributed by atoms with Gasteiger partial charge in [-0.1, -0.05) is 67.2 Å². The van der Waals surface area contributed by atoms with Gasteiger partial charge < -0.3 is 5.32 Å². The molecule has 0 unspecified atom stereocenters. The van der Waals surface area contributed by atoms with E-state index in [9.17, 15) is 14.0 Å². The number of hydrogen-bond acceptors (Lipinski definition) is 4. The summed E-state index contributed by atoms with van der Waals surface area (Å²) in [7, 11) is 0. The molecule has 7 heteroatoms. The number of thioether (sulfide) groups is 1. The summed E-state index contributed by atoms with van der Waals surface area (Å²) in [4.78, 5) is 30.5. The van der Waals surface area contributed by atoms with Crippen molar-refractivity contribution in [2.75, 3.05) is 6.54 Å². The van der Waals surface area contributed by atoms with Crippen molar-refractivity contribution < 1.29 is 9.18 Å². The number of nitrogens with zero attached hydrogens (tertiary/aromatic N) is 2. The van der Waals surface area contributed by atoms with Crippen LogP contribution in [0.5, 0.6) is 0 Å². The Balaban J connectivity index is 1.76. The summed E-state index contributed by atoms with van der Waals surface area (Å²) in [5.41, 5.74) is 2.21. The minimum Gasteiger partial charge on any atom is -0.352 e. The number of amides is 1. The van der Waals surface area contributed by atoms with Crippen LogP contribution in [0.15, 0.2) is 82.7 Å². The van der Waals surface area contributed by atoms with E-state index in [-0.39, 0.29) is 17.3 Å². The number of benzene rings is 3. The Morgan fingerprint density at radius 2 is 1.82 bits per heavy atom. The minimum atomic E-state index is -0.294. The standard InChI is InChI=1S/C26H24FN3O2S/c1-2-14-28-24(31)19-12-13-21-23(15-19)29-26(33-17-20-10-6-7-11-22(20)27)30(25(21)32)16-18-8-4-3-5-9-18/h3-13,15H,2,14,16-17H2,1H3,(H,28,31). The van der Waals surface area contributed by atoms with Gasteiger partial charge in [-0.15, -0.1) is 0 Å². The van der Waals surface area contributed by atoms with Gasteiger partial charge in [0.2, 0.25) is 0 Å². The molecule has 3 aromatic carbocycles. The van der Waals surface area contributed by atoms with Crippen LogP contribution in [0.4, 0.5) is 4.39 Å². The molecule has 4 aromatic rings. The lowest BCUT2D eigenvalue weighted by atomic mass is 10.1. The number of carbonyl (C=O) groups excluding carboxylic acids is 1. The molecule has 0 atom stereocenters. The van der Waals surface area contributed by atoms with Crippen molar-refractivity contribution in [2.45, 2.75) is 30.8 Å². The predicted molar refractivity (Wildman–Crippen MR) is 130 cm³/mol. The molecular formula is C26H24FN3O2S. The summed E-state index contributed by atoms with van der Waals surface area (Å²) in [6, 6.07) is 21.2. The zero-order chi connectivity index (χ0) is 23.2. The van der Waals surface area contributed by atoms with Crippen molar-refractivity contribution in [3.05, 3.63) is 106 Å². The SMILES string of the molecule is CCCNC(=O)c1ccc2c(=O)n(Cc3ccccc3)c(SCc3ccccc3F)nc2c1. The summed E-state index contributed by atoms with van der Waals surface area (Å²) in [5, 5.41) is 3.76. The van der Waals surface area contributed by atoms with Gasteiger partial charge in [-0.25, -0.2) is 9.37 Å². The molecule has 0 aliphatic heterocycles. The van der Waals surface area contributed by atoms with Crippen molar-refractivity contribution >= 4 is 28.6 Å². The molecule has 1 amide bonds. The van der Waals surface area contributed by atoms with Gasteiger partial charge in [0.05, 0.1) is 17.4 Å². The van der Waals surface area contributed by atoms with Crippen LogP contribution in [0.25, 0.3) is 10.9 Å². The van der Waals surface area contributed by atoms with Crippen LogP contribution in [0, 0.1) is 5.82 Å². The van der Waals surface area contributed by atoms with E-state index in [1.54, 1.807) is 41.0 Å². The van der Waals surface area contributed by atoms with Crippen molar-refractivity contribution in [1.82, 2.24) is 14.9 Å². The highest BCUT2D eigenvalue weighted by molar-refractivity contribution is 7.98. The highest BCUT2D eigenvalue weighted by atomic mass is 32.2. The molecule has 0 fully saturated rings. The van der Waals surface area contributed by atoms with Crippen LogP contribution in [0.3, 0.4) is 0 Å². The molecule has 0 saturated heterocycles. The number of hydrogen-bond donors (Lipinski definition) is 1. The fourth-order valence-electron chi connectivity index (χ4n) is 3.46. The number of fused-ring (bicyclic) bond motifs is 1. The van der Waals surface area contributed by atoms with E-state index in [1.807, 2.05) is 37.3 Å². The average molecular weight is 462 g/mol. The van der Waals surface area contributed by atoms with Crippen LogP contribution < -0.4 is 10.9 Å². The van der Waals surface area contributed by atoms with Crippen molar-refractivity contribution in [3.8, 4) is 0 Å². The Bertz CT molecular complexity index is 1340. The molecule has 1 heterocycles. The Kier molecular flexibility index (Phi) is 7.19. The van der Waals surface area contributed by atoms with E-state index >= 15 is 0 Å². The molecule has 0 aliphatic rings. The van der Waals surface area contributed by atoms with Crippen LogP contribution in [0.2, 0.25) is 0 Å². The molecule has 168 valence electrons. The molecule has 0 spiro atoms. The maximum Gasteiger partial charge on any atom is 0.262 e. The van der Waals surface area contributed by atoms with Crippen LogP contribution in [0.1, 0.15) is 34.8 Å². The molecule has 0 saturated carbocycles. The Labute approximate surface area is 195 Å². The second-order valence-electron chi connectivity index (χ2n) is 7.64. The van der Waals surface area contributed by atoms with E-state index in [1.165, 1.54) is 17.8 Å². The van der Waals surface area contributed by atoms with Gasteiger partial charge in [-0.3, -0.25) is 14.2 Å². The Hall–Kier alpha value is -3.45. The number of rotatable bonds is 8. The minimum absolute atomic E-state index is 0.194. The first-order chi connectivity index (χ1) is 16.1. The second-order valence-corrected chi connectivity index (χ2v) is 8.58. The third-order valence-electron chi connectivity index (χ3n) is 5.22. The van der Waals surface area contributed by atoms with Crippen LogP contribution in [-0.4, -0.2) is 22.0 Å². The van der Waals surface area contributed by atoms with E-state index in [0.717, 1.165) is 12.0 Å². The topological polar surface area (TPSA) is 64.0 Å². The smallest absolute Gasteiger partial charge is 0.262 e. The fourth-order valence-corrected chi connectivity index (χ4v) is 4.44. The maximum absolute atomic E-state index is 14.2. The molecule has 1 aromatic heterocycles. The maximum atomic E-state index is 14.2. The van der Waals surface area contributed by atoms with Crippen molar-refractivity contribution in [1.29, 1.82) is 0 Å². The normalized spacial score (nSPS) is 11.0. The molecule has 0 radical (unpaired) electrons. The molecule has 33 heavy (non-hydrogen) atoms. The lowest BCUT2D eigenvalue weighted by Crippen LogP contribution is -2.26. The van der Waals surface area contributed by atoms with Crippen LogP contribution >= 0.6 is 11.8 Å². The highest BCUT2D eigenvalue weighted by Crippen LogP contribution is 2.24. The summed E-state index contributed by atoms with van der Waals surface area (Å²) < 4.78 is 15.8. The summed E-state index contributed by atoms with van der Waals surface area (Å²) in [6.07, 6.45) is 0.832. The third kappa shape index (κ3) is 5.31. The van der Waals surface area contributed by atoms with Gasteiger partial charge in [0, 0.05) is 17.9 Å². The lowest BCUT2D eigenvalue weighted by molar-refractivity contribution is 0.0954. The predicted octanol–water partition coefficient (Wildman–Crippen LogP) is 5.02. The van der Waals surface area contributed by atoms with E-state index in [2.05, 4.69) is 5.32 Å². The van der Waals surface area contributed by atoms with E-state index < -0.39 is 0 Å². The monoisotopic (exact) mass is 461 g/mol. The second kappa shape index (κ2) is 10.4. The number of aromatic nitrogens is 2. The van der Waals surface area contributed by atoms with Gasteiger partial charge in [0.25, 0.3) is 11.5 Å². The summed E-state index contributed by atoms with van der Waals surface area (Å²) in [5.74, 6) is -0.164. The summed E-state index contributed by atoms with van der Waals surface area (Å²) >= 11 is 1.30. The van der Waals surface area contributed by atoms with E-state index in [4.69, 9.17) is 4.98 Å². The van der Waals surface area contributed by atoms with Gasteiger partial charge in [0.15, 0.2) is 5.16 Å². The Morgan fingerprint density at radius 3 is 2.58 bits per heavy atom. The molecule has 4 rings (SSSR count). The molecule has 5 nitrogen and oxygen atoms in total. The van der Waals surface area contributed by atoms with Crippen molar-refractivity contribution in [2.24, 2.45) is 0 Å². The van der Waals surface area contributed by atoms with Gasteiger partial charge in [-0.2, -0.15) is 0 Å². The fraction of sp³-hybridized carbons (Fsp3) is 0.192. The lowest BCUT2D eigenvalue weighted by Gasteiger charge is -2.14. The van der Waals surface area contributed by atoms with Gasteiger partial charge in [0.1, 0.15) is 5.82 Å². The molecule has 0 bridgehead atoms. The summed E-state index contributed by atoms with van der Waals surface area (Å²) in [6.45, 7) is 2.91. The molecule has 0 aliphatic carbocycles. The number of carbonyl (C=O) groups is 1. The van der Waals surface area contributed by atoms with E-state index in [0.29, 0.717) is 46.0 Å². The average Bonchev–Trinajstić information content (AvgIpc) is 2.84. The zero-order valence-corrected chi connectivity index (χ0v) is 19.1. The third-order valence-corrected chi connectivity index (χ3v) is 6.24. The van der Waals surface area contributed by atoms with Gasteiger partial charge >= 0.3 is 0 Å². The first-order valence-electron chi connectivity index (χ1n) is 10.8.